The first kappa shape index (κ1) is 102. The summed E-state index contributed by atoms with van der Waals surface area (Å²) in [7, 11) is 0. The predicted octanol–water partition coefficient (Wildman–Crippen LogP) is 5.97. The molecule has 10 N–H and O–H groups in total. The molecular formula is C61H96Ar3BBrFN4O21. The standard InChI is InChI=1S/C17H22BrNO5.C17H25NO6.C17H23NO6.C9H19NO4.CH4.3Ar.B.FH.H2/c1-17(2,3)24-15(21)9-13(14(20)10-18)19-16(22)23-11-12-7-5-4-6-8-12;2*1-17(2,3)24-15(21)9-13(14(20)10-19)18-16(22)23-11-12-7-5-4-6-8-12;1-9(2,3)14-8(13)4-6(10)7(12)5-11;;;;;;;/h4-8,13H,9-11H2,1-3H3,(H,19,22);4-8,13-14,19-20H,9-11H2,1-3H3,(H,18,22);4-8,13,19H,9-11H2,1-3H3,(H,18,22);6-7,11-12H,4-5,10H2,1-3H3;1H4;;;;;2*1H/i;;;;;;;;;;1+1. The molecule has 3 aromatic carbocycles. The number of rotatable bonds is 25. The number of carbonyl (C=O) groups is 9. The Hall–Kier alpha value is -3.30. The van der Waals surface area contributed by atoms with E-state index >= 15 is 0 Å². The minimum atomic E-state index is -1.30. The molecule has 3 rings (SSSR count). The number of alkyl halides is 1. The number of ketones is 2. The van der Waals surface area contributed by atoms with Crippen LogP contribution < -0.4 is 21.7 Å². The monoisotopic (exact) mass is 1450 g/mol. The van der Waals surface area contributed by atoms with Crippen molar-refractivity contribution in [1.82, 2.24) is 16.0 Å². The summed E-state index contributed by atoms with van der Waals surface area (Å²) in [4.78, 5) is 106. The number of carbonyl (C=O) groups excluding carboxylic acids is 9. The van der Waals surface area contributed by atoms with E-state index in [1.54, 1.807) is 119 Å². The maximum atomic E-state index is 11.9. The van der Waals surface area contributed by atoms with E-state index in [4.69, 9.17) is 59.3 Å². The Morgan fingerprint density at radius 2 is 0.739 bits per heavy atom. The molecule has 0 aromatic heterocycles. The molecule has 0 aliphatic rings. The molecule has 6 unspecified atom stereocenters. The zero-order chi connectivity index (χ0) is 65.8. The van der Waals surface area contributed by atoms with Gasteiger partial charge in [0.2, 0.25) is 0 Å². The van der Waals surface area contributed by atoms with Crippen molar-refractivity contribution in [3.63, 3.8) is 0 Å². The van der Waals surface area contributed by atoms with Gasteiger partial charge in [-0.05, 0) is 99.8 Å². The minimum absolute atomic E-state index is 0. The van der Waals surface area contributed by atoms with Crippen LogP contribution in [0.5, 0.6) is 0 Å². The number of ether oxygens (including phenoxy) is 7. The Morgan fingerprint density at radius 1 is 0.467 bits per heavy atom. The predicted molar refractivity (Wildman–Crippen MR) is 335 cm³/mol. The van der Waals surface area contributed by atoms with Crippen LogP contribution >= 0.6 is 15.9 Å². The van der Waals surface area contributed by atoms with E-state index in [0.29, 0.717) is 0 Å². The number of nitrogens with one attached hydrogen (secondary N) is 3. The van der Waals surface area contributed by atoms with Gasteiger partial charge in [0.15, 0.2) is 11.6 Å². The first-order valence-corrected chi connectivity index (χ1v) is 28.4. The van der Waals surface area contributed by atoms with Crippen LogP contribution in [0, 0.1) is 113 Å². The second kappa shape index (κ2) is 53.8. The molecule has 3 radical (unpaired) electrons. The summed E-state index contributed by atoms with van der Waals surface area (Å²) in [6, 6.07) is 23.2. The number of aliphatic hydroxyl groups excluding tert-OH is 5. The largest absolute Gasteiger partial charge is 0.460 e. The molecule has 0 heterocycles. The molecule has 0 spiro atoms. The van der Waals surface area contributed by atoms with Crippen molar-refractivity contribution in [2.24, 2.45) is 5.73 Å². The number of aliphatic hydroxyl groups is 5. The van der Waals surface area contributed by atoms with Crippen LogP contribution in [0.4, 0.5) is 19.1 Å². The number of Topliss-reactive ketones (excluding diaryl/α,β-unsaturated/α-hetero) is 2. The number of alkyl carbamates (subject to hydrolysis) is 3. The number of hydrogen-bond acceptors (Lipinski definition) is 22. The van der Waals surface area contributed by atoms with Gasteiger partial charge in [0.25, 0.3) is 0 Å². The number of hydrogen-bond donors (Lipinski definition) is 9. The second-order valence-corrected chi connectivity index (χ2v) is 23.4. The third-order valence-corrected chi connectivity index (χ3v) is 10.7. The fourth-order valence-corrected chi connectivity index (χ4v) is 6.74. The van der Waals surface area contributed by atoms with Gasteiger partial charge in [-0.3, -0.25) is 33.5 Å². The van der Waals surface area contributed by atoms with Gasteiger partial charge in [-0.2, -0.15) is 0 Å². The van der Waals surface area contributed by atoms with Crippen molar-refractivity contribution < 1.29 is 221 Å². The van der Waals surface area contributed by atoms with E-state index in [1.807, 2.05) is 54.6 Å². The van der Waals surface area contributed by atoms with Crippen LogP contribution in [-0.4, -0.2) is 172 Å². The van der Waals surface area contributed by atoms with Crippen molar-refractivity contribution in [2.45, 2.75) is 195 Å². The van der Waals surface area contributed by atoms with Gasteiger partial charge in [-0.1, -0.05) is 114 Å². The van der Waals surface area contributed by atoms with Gasteiger partial charge >= 0.3 is 42.2 Å². The average molecular weight is 1450 g/mol. The third-order valence-electron chi connectivity index (χ3n) is 10.1. The van der Waals surface area contributed by atoms with Crippen LogP contribution in [0.25, 0.3) is 0 Å². The normalized spacial score (nSPS) is 12.4. The van der Waals surface area contributed by atoms with Crippen LogP contribution in [0.15, 0.2) is 91.0 Å². The number of benzene rings is 3. The summed E-state index contributed by atoms with van der Waals surface area (Å²) in [6.45, 7) is 18.9. The maximum absolute atomic E-state index is 11.9. The molecule has 0 saturated carbocycles. The fourth-order valence-electron chi connectivity index (χ4n) is 6.34. The van der Waals surface area contributed by atoms with Gasteiger partial charge in [0.1, 0.15) is 60.9 Å². The van der Waals surface area contributed by atoms with Crippen molar-refractivity contribution in [3.05, 3.63) is 108 Å². The SMILES string of the molecule is C.CC(C)(C)OC(=O)CC(N)C(O)CO.CC(C)(C)OC(=O)CC(NC(=O)OCc1ccccc1)C(=O)CBr.CC(C)(C)OC(=O)CC(NC(=O)OCc1ccccc1)C(=O)CO.CC(C)(C)OC(=O)CC(NC(=O)OCc1ccccc1)C(O)CO.F.[2HH].[Ar].[Ar].[Ar].[B]. The molecule has 0 bridgehead atoms. The van der Waals surface area contributed by atoms with E-state index in [2.05, 4.69) is 31.9 Å². The molecule has 0 saturated heterocycles. The van der Waals surface area contributed by atoms with Crippen molar-refractivity contribution >= 4 is 78.1 Å². The molecule has 3 amide bonds. The molecule has 0 aliphatic carbocycles. The molecule has 92 heavy (non-hydrogen) atoms. The van der Waals surface area contributed by atoms with Crippen molar-refractivity contribution in [3.8, 4) is 0 Å². The summed E-state index contributed by atoms with van der Waals surface area (Å²) in [5, 5.41) is 52.6. The summed E-state index contributed by atoms with van der Waals surface area (Å²) in [5.41, 5.74) is 5.24. The quantitative estimate of drug-likeness (QED) is 0.0204. The minimum Gasteiger partial charge on any atom is -0.460 e. The first-order chi connectivity index (χ1) is 39.9. The number of amides is 3. The summed E-state index contributed by atoms with van der Waals surface area (Å²) in [5.74, 6) is -3.32. The van der Waals surface area contributed by atoms with E-state index in [-0.39, 0.29) is 192 Å². The maximum Gasteiger partial charge on any atom is 0.408 e. The summed E-state index contributed by atoms with van der Waals surface area (Å²) in [6.07, 6.45) is -5.79. The van der Waals surface area contributed by atoms with E-state index < -0.39 is 127 Å². The molecule has 0 aliphatic heterocycles. The Kier molecular flexibility index (Phi) is 59.8. The molecule has 527 valence electrons. The van der Waals surface area contributed by atoms with Crippen LogP contribution in [0.1, 0.15) is 134 Å². The van der Waals surface area contributed by atoms with Gasteiger partial charge < -0.3 is 80.4 Å². The first-order valence-electron chi connectivity index (χ1n) is 27.2. The van der Waals surface area contributed by atoms with E-state index in [0.717, 1.165) is 16.7 Å². The van der Waals surface area contributed by atoms with Crippen molar-refractivity contribution in [1.29, 1.82) is 0 Å². The van der Waals surface area contributed by atoms with E-state index in [9.17, 15) is 48.3 Å². The zero-order valence-corrected chi connectivity index (χ0v) is 56.9. The van der Waals surface area contributed by atoms with E-state index in [1.165, 1.54) is 0 Å². The van der Waals surface area contributed by atoms with Crippen LogP contribution in [0.3, 0.4) is 0 Å². The van der Waals surface area contributed by atoms with Gasteiger partial charge in [0, 0.05) is 129 Å². The van der Waals surface area contributed by atoms with Gasteiger partial charge in [0.05, 0.1) is 62.5 Å². The molecule has 3 aromatic rings. The number of esters is 4. The molecule has 31 heteroatoms. The Balaban J connectivity index is -0.000000171. The number of nitrogens with two attached hydrogens (primary N) is 1. The number of halogens is 2. The molecule has 0 fully saturated rings. The summed E-state index contributed by atoms with van der Waals surface area (Å²) >= 11 is 3.04. The molecular weight excluding hydrogens is 1350 g/mol. The molecule has 25 nitrogen and oxygen atoms in total. The van der Waals surface area contributed by atoms with Crippen molar-refractivity contribution in [2.75, 3.05) is 25.2 Å². The topological polar surface area (TPSA) is 382 Å². The average Bonchev–Trinajstić information content (AvgIpc) is 2.76. The third kappa shape index (κ3) is 54.9. The van der Waals surface area contributed by atoms with Gasteiger partial charge in [-0.25, -0.2) is 14.4 Å². The Labute approximate surface area is 641 Å². The Bertz CT molecular complexity index is 2450. The van der Waals surface area contributed by atoms with Gasteiger partial charge in [-0.15, -0.1) is 0 Å². The Morgan fingerprint density at radius 3 is 1.01 bits per heavy atom. The zero-order valence-electron chi connectivity index (χ0n) is 53.2. The smallest absolute Gasteiger partial charge is 0.408 e. The van der Waals surface area contributed by atoms with Crippen LogP contribution in [0.2, 0.25) is 0 Å². The van der Waals surface area contributed by atoms with Crippen LogP contribution in [-0.2, 0) is 81.7 Å². The molecule has 6 atom stereocenters. The second-order valence-electron chi connectivity index (χ2n) is 22.9. The fraction of sp³-hybridized carbons (Fsp3) is 0.557. The summed E-state index contributed by atoms with van der Waals surface area (Å²) < 4.78 is 35.5.